The summed E-state index contributed by atoms with van der Waals surface area (Å²) < 4.78 is 5.45. The maximum Gasteiger partial charge on any atom is 0.272 e. The molecule has 3 heterocycles. The standard InChI is InChI=1S/C24H27N3O2S/c1-19-7-8-22(30-19)18-27(12-10-20-5-3-2-4-6-20)24(28)23-17-21(9-11-25-23)26-13-15-29-16-14-26/h2-9,11,17H,10,12-16,18H2,1H3. The molecule has 0 radical (unpaired) electrons. The van der Waals surface area contributed by atoms with E-state index >= 15 is 0 Å². The third kappa shape index (κ3) is 5.26. The summed E-state index contributed by atoms with van der Waals surface area (Å²) in [6.45, 7) is 6.46. The summed E-state index contributed by atoms with van der Waals surface area (Å²) >= 11 is 1.74. The lowest BCUT2D eigenvalue weighted by molar-refractivity contribution is 0.0741. The van der Waals surface area contributed by atoms with Crippen LogP contribution in [0, 0.1) is 6.92 Å². The summed E-state index contributed by atoms with van der Waals surface area (Å²) in [6, 6.07) is 18.4. The molecule has 1 aromatic carbocycles. The van der Waals surface area contributed by atoms with Crippen LogP contribution in [0.1, 0.15) is 25.8 Å². The molecule has 156 valence electrons. The number of nitrogens with zero attached hydrogens (tertiary/aromatic N) is 3. The molecule has 3 aromatic rings. The second-order valence-corrected chi connectivity index (χ2v) is 8.85. The number of thiophene rings is 1. The Labute approximate surface area is 181 Å². The molecule has 2 aromatic heterocycles. The van der Waals surface area contributed by atoms with Gasteiger partial charge in [0.15, 0.2) is 0 Å². The van der Waals surface area contributed by atoms with Crippen LogP contribution in [-0.4, -0.2) is 48.6 Å². The summed E-state index contributed by atoms with van der Waals surface area (Å²) in [6.07, 6.45) is 2.56. The maximum atomic E-state index is 13.4. The van der Waals surface area contributed by atoms with Gasteiger partial charge < -0.3 is 14.5 Å². The predicted octanol–water partition coefficient (Wildman–Crippen LogP) is 4.17. The molecule has 0 atom stereocenters. The first-order valence-electron chi connectivity index (χ1n) is 10.4. The van der Waals surface area contributed by atoms with Crippen LogP contribution in [-0.2, 0) is 17.7 Å². The number of hydrogen-bond acceptors (Lipinski definition) is 5. The average molecular weight is 422 g/mol. The van der Waals surface area contributed by atoms with Crippen molar-refractivity contribution in [3.05, 3.63) is 81.8 Å². The number of amides is 1. The SMILES string of the molecule is Cc1ccc(CN(CCc2ccccc2)C(=O)c2cc(N3CCOCC3)ccn2)s1. The molecule has 30 heavy (non-hydrogen) atoms. The number of pyridine rings is 1. The molecule has 1 aliphatic rings. The number of carbonyl (C=O) groups excluding carboxylic acids is 1. The maximum absolute atomic E-state index is 13.4. The lowest BCUT2D eigenvalue weighted by Gasteiger charge is -2.29. The van der Waals surface area contributed by atoms with Crippen LogP contribution >= 0.6 is 11.3 Å². The number of carbonyl (C=O) groups is 1. The fraction of sp³-hybridized carbons (Fsp3) is 0.333. The highest BCUT2D eigenvalue weighted by Gasteiger charge is 2.20. The third-order valence-corrected chi connectivity index (χ3v) is 6.27. The topological polar surface area (TPSA) is 45.7 Å². The van der Waals surface area contributed by atoms with Crippen LogP contribution in [0.3, 0.4) is 0 Å². The van der Waals surface area contributed by atoms with Gasteiger partial charge in [-0.1, -0.05) is 30.3 Å². The van der Waals surface area contributed by atoms with E-state index in [2.05, 4.69) is 41.1 Å². The minimum absolute atomic E-state index is 0.0212. The Kier molecular flexibility index (Phi) is 6.77. The molecular formula is C24H27N3O2S. The molecule has 0 N–H and O–H groups in total. The van der Waals surface area contributed by atoms with Gasteiger partial charge in [0.25, 0.3) is 5.91 Å². The van der Waals surface area contributed by atoms with Crippen LogP contribution in [0.4, 0.5) is 5.69 Å². The van der Waals surface area contributed by atoms with Crippen molar-refractivity contribution < 1.29 is 9.53 Å². The molecule has 4 rings (SSSR count). The number of anilines is 1. The van der Waals surface area contributed by atoms with Crippen LogP contribution in [0.15, 0.2) is 60.8 Å². The molecule has 5 nitrogen and oxygen atoms in total. The Hall–Kier alpha value is -2.70. The zero-order valence-electron chi connectivity index (χ0n) is 17.3. The van der Waals surface area contributed by atoms with Crippen molar-refractivity contribution in [2.45, 2.75) is 19.9 Å². The van der Waals surface area contributed by atoms with Gasteiger partial charge in [-0.25, -0.2) is 0 Å². The number of rotatable bonds is 7. The van der Waals surface area contributed by atoms with Crippen molar-refractivity contribution in [2.24, 2.45) is 0 Å². The van der Waals surface area contributed by atoms with Gasteiger partial charge in [0.2, 0.25) is 0 Å². The van der Waals surface area contributed by atoms with E-state index in [1.165, 1.54) is 15.3 Å². The highest BCUT2D eigenvalue weighted by Crippen LogP contribution is 2.21. The van der Waals surface area contributed by atoms with Gasteiger partial charge >= 0.3 is 0 Å². The van der Waals surface area contributed by atoms with E-state index in [0.717, 1.165) is 25.2 Å². The number of morpholine rings is 1. The quantitative estimate of drug-likeness (QED) is 0.574. The van der Waals surface area contributed by atoms with Crippen molar-refractivity contribution >= 4 is 22.9 Å². The van der Waals surface area contributed by atoms with E-state index in [1.54, 1.807) is 17.5 Å². The number of hydrogen-bond donors (Lipinski definition) is 0. The predicted molar refractivity (Wildman–Crippen MR) is 121 cm³/mol. The minimum Gasteiger partial charge on any atom is -0.378 e. The summed E-state index contributed by atoms with van der Waals surface area (Å²) in [5, 5.41) is 0. The van der Waals surface area contributed by atoms with Gasteiger partial charge in [-0.2, -0.15) is 0 Å². The summed E-state index contributed by atoms with van der Waals surface area (Å²) in [5.74, 6) is -0.0212. The molecule has 1 fully saturated rings. The fourth-order valence-electron chi connectivity index (χ4n) is 3.64. The smallest absolute Gasteiger partial charge is 0.272 e. The Morgan fingerprint density at radius 1 is 1.13 bits per heavy atom. The Bertz CT molecular complexity index is 967. The number of aromatic nitrogens is 1. The van der Waals surface area contributed by atoms with Gasteiger partial charge in [-0.05, 0) is 43.2 Å². The molecule has 1 amide bonds. The number of benzene rings is 1. The molecule has 1 saturated heterocycles. The second kappa shape index (κ2) is 9.87. The fourth-order valence-corrected chi connectivity index (χ4v) is 4.54. The lowest BCUT2D eigenvalue weighted by Crippen LogP contribution is -2.37. The molecule has 0 bridgehead atoms. The molecule has 0 unspecified atom stereocenters. The molecule has 6 heteroatoms. The molecule has 0 spiro atoms. The van der Waals surface area contributed by atoms with Gasteiger partial charge in [0, 0.05) is 41.3 Å². The Morgan fingerprint density at radius 3 is 2.67 bits per heavy atom. The molecule has 0 aliphatic carbocycles. The monoisotopic (exact) mass is 421 g/mol. The van der Waals surface area contributed by atoms with Crippen LogP contribution in [0.5, 0.6) is 0 Å². The summed E-state index contributed by atoms with van der Waals surface area (Å²) in [5.41, 5.74) is 2.76. The lowest BCUT2D eigenvalue weighted by atomic mass is 10.1. The largest absolute Gasteiger partial charge is 0.378 e. The van der Waals surface area contributed by atoms with E-state index < -0.39 is 0 Å². The van der Waals surface area contributed by atoms with Crippen molar-refractivity contribution in [1.82, 2.24) is 9.88 Å². The summed E-state index contributed by atoms with van der Waals surface area (Å²) in [4.78, 5) is 24.5. The second-order valence-electron chi connectivity index (χ2n) is 7.47. The number of aryl methyl sites for hydroxylation is 1. The van der Waals surface area contributed by atoms with Crippen LogP contribution in [0.25, 0.3) is 0 Å². The molecular weight excluding hydrogens is 394 g/mol. The van der Waals surface area contributed by atoms with Crippen molar-refractivity contribution in [2.75, 3.05) is 37.7 Å². The third-order valence-electron chi connectivity index (χ3n) is 5.28. The normalized spacial score (nSPS) is 14.0. The van der Waals surface area contributed by atoms with E-state index in [0.29, 0.717) is 32.0 Å². The Balaban J connectivity index is 1.53. The van der Waals surface area contributed by atoms with Gasteiger partial charge in [0.05, 0.1) is 19.8 Å². The van der Waals surface area contributed by atoms with Gasteiger partial charge in [-0.15, -0.1) is 11.3 Å². The zero-order valence-corrected chi connectivity index (χ0v) is 18.1. The zero-order chi connectivity index (χ0) is 20.8. The van der Waals surface area contributed by atoms with E-state index in [4.69, 9.17) is 4.74 Å². The van der Waals surface area contributed by atoms with E-state index in [9.17, 15) is 4.79 Å². The molecule has 1 aliphatic heterocycles. The van der Waals surface area contributed by atoms with Gasteiger partial charge in [0.1, 0.15) is 5.69 Å². The first kappa shape index (κ1) is 20.6. The number of ether oxygens (including phenoxy) is 1. The Morgan fingerprint density at radius 2 is 1.93 bits per heavy atom. The highest BCUT2D eigenvalue weighted by atomic mass is 32.1. The van der Waals surface area contributed by atoms with Crippen molar-refractivity contribution in [3.8, 4) is 0 Å². The summed E-state index contributed by atoms with van der Waals surface area (Å²) in [7, 11) is 0. The average Bonchev–Trinajstić information content (AvgIpc) is 3.22. The van der Waals surface area contributed by atoms with E-state index in [-0.39, 0.29) is 5.91 Å². The highest BCUT2D eigenvalue weighted by molar-refractivity contribution is 7.11. The van der Waals surface area contributed by atoms with E-state index in [1.807, 2.05) is 35.2 Å². The minimum atomic E-state index is -0.0212. The first-order valence-corrected chi connectivity index (χ1v) is 11.2. The first-order chi connectivity index (χ1) is 14.7. The van der Waals surface area contributed by atoms with Crippen LogP contribution in [0.2, 0.25) is 0 Å². The van der Waals surface area contributed by atoms with Gasteiger partial charge in [-0.3, -0.25) is 9.78 Å². The molecule has 0 saturated carbocycles. The van der Waals surface area contributed by atoms with Crippen molar-refractivity contribution in [1.29, 1.82) is 0 Å². The van der Waals surface area contributed by atoms with Crippen molar-refractivity contribution in [3.63, 3.8) is 0 Å². The van der Waals surface area contributed by atoms with Crippen LogP contribution < -0.4 is 4.90 Å².